The fourth-order valence-corrected chi connectivity index (χ4v) is 5.90. The second-order valence-corrected chi connectivity index (χ2v) is 9.55. The Labute approximate surface area is 220 Å². The zero-order valence-corrected chi connectivity index (χ0v) is 20.3. The molecule has 4 nitrogen and oxygen atoms in total. The molecule has 2 aliphatic heterocycles. The number of esters is 2. The molecule has 0 aromatic heterocycles. The maximum absolute atomic E-state index is 13.5. The van der Waals surface area contributed by atoms with Crippen LogP contribution in [0.2, 0.25) is 0 Å². The highest BCUT2D eigenvalue weighted by atomic mass is 16.6. The number of cyclic esters (lactones) is 2. The van der Waals surface area contributed by atoms with Crippen LogP contribution in [-0.4, -0.2) is 11.9 Å². The van der Waals surface area contributed by atoms with Crippen LogP contribution in [0.5, 0.6) is 0 Å². The van der Waals surface area contributed by atoms with Crippen LogP contribution < -0.4 is 0 Å². The van der Waals surface area contributed by atoms with E-state index in [1.165, 1.54) is 0 Å². The van der Waals surface area contributed by atoms with Crippen molar-refractivity contribution >= 4 is 11.9 Å². The Morgan fingerprint density at radius 2 is 0.684 bits per heavy atom. The average Bonchev–Trinajstić information content (AvgIpc) is 3.46. The molecule has 0 unspecified atom stereocenters. The molecule has 2 heterocycles. The maximum atomic E-state index is 13.5. The van der Waals surface area contributed by atoms with Gasteiger partial charge >= 0.3 is 11.9 Å². The largest absolute Gasteiger partial charge is 0.441 e. The molecule has 5 aromatic rings. The van der Waals surface area contributed by atoms with E-state index in [9.17, 15) is 9.59 Å². The van der Waals surface area contributed by atoms with E-state index in [2.05, 4.69) is 0 Å². The molecule has 0 saturated heterocycles. The maximum Gasteiger partial charge on any atom is 0.340 e. The molecule has 0 atom stereocenters. The Balaban J connectivity index is 1.58. The molecule has 0 fully saturated rings. The van der Waals surface area contributed by atoms with Crippen LogP contribution in [0.3, 0.4) is 0 Å². The fraction of sp³-hybridized carbons (Fsp3) is 0.0588. The SMILES string of the molecule is O=C1OC(c2ccccc2)(c2ccccc2)c2cc3c(cc21)C(=O)OC3(c1ccccc1)c1ccccc1. The first-order chi connectivity index (χ1) is 18.6. The van der Waals surface area contributed by atoms with E-state index in [4.69, 9.17) is 9.47 Å². The zero-order chi connectivity index (χ0) is 25.7. The van der Waals surface area contributed by atoms with Gasteiger partial charge in [0.1, 0.15) is 0 Å². The average molecular weight is 495 g/mol. The molecule has 38 heavy (non-hydrogen) atoms. The van der Waals surface area contributed by atoms with Gasteiger partial charge in [0.25, 0.3) is 0 Å². The lowest BCUT2D eigenvalue weighted by Gasteiger charge is -2.33. The van der Waals surface area contributed by atoms with Crippen molar-refractivity contribution in [1.29, 1.82) is 0 Å². The van der Waals surface area contributed by atoms with Crippen molar-refractivity contribution in [1.82, 2.24) is 0 Å². The lowest BCUT2D eigenvalue weighted by molar-refractivity contribution is 0.0243. The molecule has 0 radical (unpaired) electrons. The summed E-state index contributed by atoms with van der Waals surface area (Å²) in [4.78, 5) is 26.9. The van der Waals surface area contributed by atoms with E-state index >= 15 is 0 Å². The van der Waals surface area contributed by atoms with Gasteiger partial charge in [-0.2, -0.15) is 0 Å². The third kappa shape index (κ3) is 2.97. The molecule has 182 valence electrons. The van der Waals surface area contributed by atoms with E-state index < -0.39 is 23.1 Å². The van der Waals surface area contributed by atoms with Crippen LogP contribution in [-0.2, 0) is 20.7 Å². The number of carbonyl (C=O) groups excluding carboxylic acids is 2. The van der Waals surface area contributed by atoms with Gasteiger partial charge in [-0.25, -0.2) is 9.59 Å². The van der Waals surface area contributed by atoms with Crippen LogP contribution in [0.4, 0.5) is 0 Å². The van der Waals surface area contributed by atoms with Crippen molar-refractivity contribution in [3.05, 3.63) is 178 Å². The van der Waals surface area contributed by atoms with Crippen LogP contribution in [0, 0.1) is 0 Å². The summed E-state index contributed by atoms with van der Waals surface area (Å²) in [5.74, 6) is -0.944. The second kappa shape index (κ2) is 8.29. The van der Waals surface area contributed by atoms with Gasteiger partial charge in [-0.05, 0) is 12.1 Å². The minimum absolute atomic E-state index is 0.366. The predicted molar refractivity (Wildman–Crippen MR) is 143 cm³/mol. The Morgan fingerprint density at radius 1 is 0.395 bits per heavy atom. The molecule has 2 aliphatic rings. The van der Waals surface area contributed by atoms with Crippen LogP contribution in [0.15, 0.2) is 133 Å². The number of rotatable bonds is 4. The van der Waals surface area contributed by atoms with Crippen molar-refractivity contribution in [2.24, 2.45) is 0 Å². The van der Waals surface area contributed by atoms with Gasteiger partial charge in [0.05, 0.1) is 11.1 Å². The summed E-state index contributed by atoms with van der Waals surface area (Å²) in [6.45, 7) is 0. The van der Waals surface area contributed by atoms with Gasteiger partial charge in [-0.1, -0.05) is 121 Å². The van der Waals surface area contributed by atoms with Gasteiger partial charge < -0.3 is 9.47 Å². The van der Waals surface area contributed by atoms with Gasteiger partial charge in [0.2, 0.25) is 0 Å². The normalized spacial score (nSPS) is 16.3. The zero-order valence-electron chi connectivity index (χ0n) is 20.3. The van der Waals surface area contributed by atoms with Crippen molar-refractivity contribution in [3.63, 3.8) is 0 Å². The lowest BCUT2D eigenvalue weighted by atomic mass is 9.75. The summed E-state index contributed by atoms with van der Waals surface area (Å²) in [7, 11) is 0. The van der Waals surface area contributed by atoms with Gasteiger partial charge in [0, 0.05) is 33.4 Å². The van der Waals surface area contributed by atoms with Gasteiger partial charge in [0.15, 0.2) is 11.2 Å². The van der Waals surface area contributed by atoms with Gasteiger partial charge in [-0.3, -0.25) is 0 Å². The first kappa shape index (κ1) is 22.3. The predicted octanol–water partition coefficient (Wildman–Crippen LogP) is 6.61. The van der Waals surface area contributed by atoms with Gasteiger partial charge in [-0.15, -0.1) is 0 Å². The number of hydrogen-bond donors (Lipinski definition) is 0. The molecule has 0 spiro atoms. The summed E-state index contributed by atoms with van der Waals surface area (Å²) < 4.78 is 12.6. The highest BCUT2D eigenvalue weighted by Gasteiger charge is 2.54. The van der Waals surface area contributed by atoms with E-state index in [1.54, 1.807) is 6.07 Å². The van der Waals surface area contributed by atoms with Crippen LogP contribution in [0.25, 0.3) is 0 Å². The molecule has 0 saturated carbocycles. The quantitative estimate of drug-likeness (QED) is 0.264. The minimum atomic E-state index is -1.17. The lowest BCUT2D eigenvalue weighted by Crippen LogP contribution is -2.31. The summed E-state index contributed by atoms with van der Waals surface area (Å²) in [5, 5.41) is 0. The number of fused-ring (bicyclic) bond motifs is 2. The first-order valence-electron chi connectivity index (χ1n) is 12.5. The summed E-state index contributed by atoms with van der Waals surface area (Å²) in [6.07, 6.45) is 0. The summed E-state index contributed by atoms with van der Waals surface area (Å²) in [5.41, 5.74) is 3.07. The number of ether oxygens (including phenoxy) is 2. The van der Waals surface area contributed by atoms with Crippen LogP contribution >= 0.6 is 0 Å². The molecule has 7 rings (SSSR count). The third-order valence-electron chi connectivity index (χ3n) is 7.57. The highest BCUT2D eigenvalue weighted by molar-refractivity contribution is 6.03. The highest BCUT2D eigenvalue weighted by Crippen LogP contribution is 2.53. The molecule has 0 bridgehead atoms. The van der Waals surface area contributed by atoms with Crippen molar-refractivity contribution in [2.45, 2.75) is 11.2 Å². The molecular formula is C34H22O4. The molecule has 4 heteroatoms. The smallest absolute Gasteiger partial charge is 0.340 e. The molecule has 0 amide bonds. The van der Waals surface area contributed by atoms with Crippen molar-refractivity contribution in [3.8, 4) is 0 Å². The summed E-state index contributed by atoms with van der Waals surface area (Å²) in [6, 6.07) is 42.5. The fourth-order valence-electron chi connectivity index (χ4n) is 5.90. The second-order valence-electron chi connectivity index (χ2n) is 9.55. The summed E-state index contributed by atoms with van der Waals surface area (Å²) >= 11 is 0. The topological polar surface area (TPSA) is 52.6 Å². The number of hydrogen-bond acceptors (Lipinski definition) is 4. The first-order valence-corrected chi connectivity index (χ1v) is 12.5. The molecule has 0 aliphatic carbocycles. The van der Waals surface area contributed by atoms with Crippen LogP contribution in [0.1, 0.15) is 54.1 Å². The van der Waals surface area contributed by atoms with E-state index in [0.717, 1.165) is 22.3 Å². The van der Waals surface area contributed by atoms with Crippen molar-refractivity contribution in [2.75, 3.05) is 0 Å². The third-order valence-corrected chi connectivity index (χ3v) is 7.57. The standard InChI is InChI=1S/C34H22O4/c35-31-27-21-28-30(34(38-32(28)36,25-17-9-3-10-18-25)26-19-11-4-12-20-26)22-29(27)33(37-31,23-13-5-1-6-14-23)24-15-7-2-8-16-24/h1-22H. The Bertz CT molecular complexity index is 1470. The number of benzene rings is 5. The monoisotopic (exact) mass is 494 g/mol. The Kier molecular flexibility index (Phi) is 4.85. The van der Waals surface area contributed by atoms with Crippen molar-refractivity contribution < 1.29 is 19.1 Å². The number of carbonyl (C=O) groups is 2. The van der Waals surface area contributed by atoms with E-state index in [1.807, 2.05) is 127 Å². The molecule has 0 N–H and O–H groups in total. The Morgan fingerprint density at radius 3 is 0.974 bits per heavy atom. The molecular weight excluding hydrogens is 472 g/mol. The minimum Gasteiger partial charge on any atom is -0.441 e. The molecule has 5 aromatic carbocycles. The van der Waals surface area contributed by atoms with E-state index in [-0.39, 0.29) is 0 Å². The Hall–Kier alpha value is -4.96. The van der Waals surface area contributed by atoms with E-state index in [0.29, 0.717) is 22.3 Å².